The summed E-state index contributed by atoms with van der Waals surface area (Å²) in [5.41, 5.74) is 6.11. The van der Waals surface area contributed by atoms with E-state index in [2.05, 4.69) is 10.9 Å². The van der Waals surface area contributed by atoms with Crippen molar-refractivity contribution in [3.8, 4) is 6.07 Å². The Bertz CT molecular complexity index is 1050. The molecule has 8 nitrogen and oxygen atoms in total. The minimum atomic E-state index is -3.90. The van der Waals surface area contributed by atoms with Gasteiger partial charge >= 0.3 is 0 Å². The summed E-state index contributed by atoms with van der Waals surface area (Å²) in [6, 6.07) is 9.16. The number of sulfonamides is 1. The van der Waals surface area contributed by atoms with Crippen LogP contribution in [0.3, 0.4) is 0 Å². The van der Waals surface area contributed by atoms with Gasteiger partial charge in [-0.3, -0.25) is 20.4 Å². The van der Waals surface area contributed by atoms with Gasteiger partial charge in [0, 0.05) is 11.9 Å². The quantitative estimate of drug-likeness (QED) is 0.695. The number of rotatable bonds is 5. The fraction of sp³-hybridized carbons (Fsp3) is 0.316. The minimum absolute atomic E-state index is 0.0278. The number of hydrazine groups is 1. The summed E-state index contributed by atoms with van der Waals surface area (Å²) in [7, 11) is -2.63. The first-order valence-corrected chi connectivity index (χ1v) is 11.2. The number of hydrogen-bond donors (Lipinski definition) is 2. The largest absolute Gasteiger partial charge is 0.279 e. The molecule has 0 atom stereocenters. The number of amides is 2. The van der Waals surface area contributed by atoms with Crippen LogP contribution in [0.15, 0.2) is 35.2 Å². The van der Waals surface area contributed by atoms with E-state index >= 15 is 0 Å². The predicted molar refractivity (Wildman–Crippen MR) is 108 cm³/mol. The first-order valence-electron chi connectivity index (χ1n) is 8.98. The van der Waals surface area contributed by atoms with Gasteiger partial charge in [-0.2, -0.15) is 9.57 Å². The maximum Gasteiger partial charge on any atom is 0.279 e. The molecule has 0 radical (unpaired) electrons. The van der Waals surface area contributed by atoms with Crippen LogP contribution in [0.2, 0.25) is 0 Å². The molecular weight excluding hydrogens is 412 g/mol. The average molecular weight is 433 g/mol. The van der Waals surface area contributed by atoms with Gasteiger partial charge in [-0.25, -0.2) is 8.42 Å². The second kappa shape index (κ2) is 8.73. The summed E-state index contributed by atoms with van der Waals surface area (Å²) in [5, 5.41) is 8.80. The molecule has 0 unspecified atom stereocenters. The maximum absolute atomic E-state index is 12.5. The molecule has 0 aliphatic heterocycles. The summed E-state index contributed by atoms with van der Waals surface area (Å²) in [4.78, 5) is 26.1. The Balaban J connectivity index is 1.56. The summed E-state index contributed by atoms with van der Waals surface area (Å²) in [6.07, 6.45) is 4.16. The van der Waals surface area contributed by atoms with Crippen molar-refractivity contribution in [1.29, 1.82) is 5.26 Å². The first-order chi connectivity index (χ1) is 13.8. The lowest BCUT2D eigenvalue weighted by Gasteiger charge is -2.17. The van der Waals surface area contributed by atoms with Gasteiger partial charge in [0.25, 0.3) is 11.8 Å². The van der Waals surface area contributed by atoms with Gasteiger partial charge in [-0.1, -0.05) is 0 Å². The van der Waals surface area contributed by atoms with Crippen molar-refractivity contribution in [1.82, 2.24) is 15.2 Å². The molecule has 1 aliphatic carbocycles. The van der Waals surface area contributed by atoms with Crippen molar-refractivity contribution >= 4 is 33.2 Å². The van der Waals surface area contributed by atoms with Gasteiger partial charge in [-0.15, -0.1) is 11.3 Å². The van der Waals surface area contributed by atoms with Gasteiger partial charge in [0.05, 0.1) is 28.0 Å². The van der Waals surface area contributed by atoms with E-state index in [0.717, 1.165) is 30.0 Å². The van der Waals surface area contributed by atoms with E-state index in [1.807, 2.05) is 12.1 Å². The van der Waals surface area contributed by atoms with E-state index in [4.69, 9.17) is 5.26 Å². The molecule has 152 valence electrons. The fourth-order valence-electron chi connectivity index (χ4n) is 3.00. The van der Waals surface area contributed by atoms with Crippen molar-refractivity contribution in [3.05, 3.63) is 51.2 Å². The zero-order valence-corrected chi connectivity index (χ0v) is 17.4. The third-order valence-electron chi connectivity index (χ3n) is 4.59. The van der Waals surface area contributed by atoms with Crippen LogP contribution in [0.4, 0.5) is 0 Å². The highest BCUT2D eigenvalue weighted by atomic mass is 32.2. The summed E-state index contributed by atoms with van der Waals surface area (Å²) in [5.74, 6) is -1.09. The van der Waals surface area contributed by atoms with Crippen LogP contribution in [0.5, 0.6) is 0 Å². The van der Waals surface area contributed by atoms with E-state index in [-0.39, 0.29) is 4.90 Å². The number of hydrogen-bond acceptors (Lipinski definition) is 6. The van der Waals surface area contributed by atoms with Crippen molar-refractivity contribution in [3.63, 3.8) is 0 Å². The molecule has 0 saturated carbocycles. The van der Waals surface area contributed by atoms with Crippen LogP contribution in [0, 0.1) is 11.3 Å². The number of carbonyl (C=O) groups excluding carboxylic acids is 2. The summed E-state index contributed by atoms with van der Waals surface area (Å²) >= 11 is 1.42. The fourth-order valence-corrected chi connectivity index (χ4v) is 5.27. The number of nitrogens with zero attached hydrogens (tertiary/aromatic N) is 2. The maximum atomic E-state index is 12.5. The lowest BCUT2D eigenvalue weighted by Crippen LogP contribution is -2.46. The molecule has 1 aromatic carbocycles. The molecular formula is C19H20N4O4S2. The van der Waals surface area contributed by atoms with Crippen LogP contribution in [0.1, 0.15) is 38.5 Å². The van der Waals surface area contributed by atoms with Gasteiger partial charge in [0.2, 0.25) is 10.0 Å². The second-order valence-corrected chi connectivity index (χ2v) is 9.85. The van der Waals surface area contributed by atoms with E-state index in [0.29, 0.717) is 10.4 Å². The molecule has 0 fully saturated rings. The Morgan fingerprint density at radius 1 is 1.17 bits per heavy atom. The van der Waals surface area contributed by atoms with Gasteiger partial charge in [0.1, 0.15) is 0 Å². The normalized spacial score (nSPS) is 13.4. The van der Waals surface area contributed by atoms with E-state index in [1.54, 1.807) is 0 Å². The van der Waals surface area contributed by atoms with Crippen LogP contribution in [-0.4, -0.2) is 38.1 Å². The van der Waals surface area contributed by atoms with Crippen molar-refractivity contribution in [2.24, 2.45) is 0 Å². The zero-order chi connectivity index (χ0) is 21.0. The zero-order valence-electron chi connectivity index (χ0n) is 15.8. The molecule has 1 heterocycles. The molecule has 0 bridgehead atoms. The molecule has 1 aliphatic rings. The lowest BCUT2D eigenvalue weighted by molar-refractivity contribution is -0.121. The third-order valence-corrected chi connectivity index (χ3v) is 7.65. The molecule has 29 heavy (non-hydrogen) atoms. The lowest BCUT2D eigenvalue weighted by atomic mass is 9.99. The molecule has 2 aromatic rings. The standard InChI is InChI=1S/C19H20N4O4S2/c1-23(29(26,27)15-8-6-13(11-20)7-9-15)12-18(24)21-22-19(25)17-10-14-4-2-3-5-16(14)28-17/h6-10H,2-5,12H2,1H3,(H,21,24)(H,22,25). The molecule has 1 aromatic heterocycles. The Labute approximate surface area is 173 Å². The summed E-state index contributed by atoms with van der Waals surface area (Å²) < 4.78 is 25.9. The number of thiophene rings is 1. The van der Waals surface area contributed by atoms with Crippen LogP contribution in [-0.2, 0) is 27.7 Å². The highest BCUT2D eigenvalue weighted by Crippen LogP contribution is 2.29. The summed E-state index contributed by atoms with van der Waals surface area (Å²) in [6.45, 7) is -0.469. The second-order valence-electron chi connectivity index (χ2n) is 6.67. The van der Waals surface area contributed by atoms with E-state index in [9.17, 15) is 18.0 Å². The average Bonchev–Trinajstić information content (AvgIpc) is 3.16. The van der Waals surface area contributed by atoms with Crippen LogP contribution >= 0.6 is 11.3 Å². The van der Waals surface area contributed by atoms with Crippen molar-refractivity contribution in [2.45, 2.75) is 30.6 Å². The number of benzene rings is 1. The molecule has 0 spiro atoms. The Hall–Kier alpha value is -2.74. The van der Waals surface area contributed by atoms with E-state index < -0.39 is 28.4 Å². The number of nitriles is 1. The molecule has 0 saturated heterocycles. The molecule has 3 rings (SSSR count). The van der Waals surface area contributed by atoms with Crippen molar-refractivity contribution < 1.29 is 18.0 Å². The third kappa shape index (κ3) is 4.82. The number of fused-ring (bicyclic) bond motifs is 1. The predicted octanol–water partition coefficient (Wildman–Crippen LogP) is 1.58. The van der Waals surface area contributed by atoms with E-state index in [1.165, 1.54) is 53.1 Å². The number of nitrogens with one attached hydrogen (secondary N) is 2. The topological polar surface area (TPSA) is 119 Å². The Kier molecular flexibility index (Phi) is 6.32. The Morgan fingerprint density at radius 2 is 1.86 bits per heavy atom. The van der Waals surface area contributed by atoms with Gasteiger partial charge in [-0.05, 0) is 61.6 Å². The number of carbonyl (C=O) groups is 2. The highest BCUT2D eigenvalue weighted by Gasteiger charge is 2.23. The van der Waals surface area contributed by atoms with Crippen LogP contribution in [0.25, 0.3) is 0 Å². The van der Waals surface area contributed by atoms with Crippen LogP contribution < -0.4 is 10.9 Å². The molecule has 2 N–H and O–H groups in total. The minimum Gasteiger partial charge on any atom is -0.272 e. The highest BCUT2D eigenvalue weighted by molar-refractivity contribution is 7.89. The number of aryl methyl sites for hydroxylation is 2. The number of likely N-dealkylation sites (N-methyl/N-ethyl adjacent to an activating group) is 1. The van der Waals surface area contributed by atoms with Crippen molar-refractivity contribution in [2.75, 3.05) is 13.6 Å². The van der Waals surface area contributed by atoms with Gasteiger partial charge in [0.15, 0.2) is 0 Å². The van der Waals surface area contributed by atoms with Gasteiger partial charge < -0.3 is 0 Å². The molecule has 10 heteroatoms. The SMILES string of the molecule is CN(CC(=O)NNC(=O)c1cc2c(s1)CCCC2)S(=O)(=O)c1ccc(C#N)cc1. The molecule has 2 amide bonds. The Morgan fingerprint density at radius 3 is 2.52 bits per heavy atom. The smallest absolute Gasteiger partial charge is 0.272 e. The first kappa shape index (κ1) is 21.0. The monoisotopic (exact) mass is 432 g/mol.